The van der Waals surface area contributed by atoms with Gasteiger partial charge < -0.3 is 10.4 Å². The van der Waals surface area contributed by atoms with Gasteiger partial charge in [-0.25, -0.2) is 13.6 Å². The molecule has 1 aromatic carbocycles. The highest BCUT2D eigenvalue weighted by Gasteiger charge is 2.37. The first-order valence-electron chi connectivity index (χ1n) is 5.89. The summed E-state index contributed by atoms with van der Waals surface area (Å²) in [5.74, 6) is -3.83. The Hall–Kier alpha value is -1.98. The highest BCUT2D eigenvalue weighted by molar-refractivity contribution is 5.97. The Balaban J connectivity index is 2.19. The summed E-state index contributed by atoms with van der Waals surface area (Å²) in [5.41, 5.74) is -0.212. The fourth-order valence-electron chi connectivity index (χ4n) is 1.86. The highest BCUT2D eigenvalue weighted by atomic mass is 19.1. The minimum atomic E-state index is -1.14. The fourth-order valence-corrected chi connectivity index (χ4v) is 1.86. The zero-order valence-electron chi connectivity index (χ0n) is 10.2. The molecule has 102 valence electrons. The third-order valence-corrected chi connectivity index (χ3v) is 3.14. The number of amides is 1. The molecule has 1 atom stereocenters. The van der Waals surface area contributed by atoms with Gasteiger partial charge in [-0.1, -0.05) is 0 Å². The Bertz CT molecular complexity index is 541. The molecule has 4 nitrogen and oxygen atoms in total. The fraction of sp³-hybridized carbons (Fsp3) is 0.385. The van der Waals surface area contributed by atoms with Gasteiger partial charge in [0.1, 0.15) is 17.7 Å². The number of carboxylic acids is 1. The van der Waals surface area contributed by atoms with Gasteiger partial charge in [0.2, 0.25) is 0 Å². The predicted octanol–water partition coefficient (Wildman–Crippen LogP) is 1.87. The van der Waals surface area contributed by atoms with Gasteiger partial charge in [-0.15, -0.1) is 0 Å². The van der Waals surface area contributed by atoms with Crippen molar-refractivity contribution in [2.45, 2.75) is 25.8 Å². The van der Waals surface area contributed by atoms with Crippen molar-refractivity contribution in [1.82, 2.24) is 5.32 Å². The summed E-state index contributed by atoms with van der Waals surface area (Å²) in [5, 5.41) is 11.3. The summed E-state index contributed by atoms with van der Waals surface area (Å²) in [6.45, 7) is 1.40. The van der Waals surface area contributed by atoms with E-state index < -0.39 is 29.6 Å². The Morgan fingerprint density at radius 2 is 1.95 bits per heavy atom. The number of carbonyl (C=O) groups excluding carboxylic acids is 1. The second kappa shape index (κ2) is 4.95. The van der Waals surface area contributed by atoms with Crippen molar-refractivity contribution in [2.75, 3.05) is 0 Å². The number of aryl methyl sites for hydroxylation is 1. The van der Waals surface area contributed by atoms with E-state index in [4.69, 9.17) is 5.11 Å². The summed E-state index contributed by atoms with van der Waals surface area (Å²) in [7, 11) is 0. The van der Waals surface area contributed by atoms with E-state index in [-0.39, 0.29) is 17.0 Å². The third kappa shape index (κ3) is 2.89. The van der Waals surface area contributed by atoms with Crippen LogP contribution in [-0.2, 0) is 4.79 Å². The number of nitrogens with one attached hydrogen (secondary N) is 1. The lowest BCUT2D eigenvalue weighted by Crippen LogP contribution is -2.42. The number of halogens is 2. The van der Waals surface area contributed by atoms with Crippen molar-refractivity contribution >= 4 is 11.9 Å². The van der Waals surface area contributed by atoms with Crippen LogP contribution >= 0.6 is 0 Å². The van der Waals surface area contributed by atoms with Crippen molar-refractivity contribution in [3.05, 3.63) is 34.9 Å². The number of hydrogen-bond donors (Lipinski definition) is 2. The lowest BCUT2D eigenvalue weighted by molar-refractivity contribution is -0.139. The predicted molar refractivity (Wildman–Crippen MR) is 62.7 cm³/mol. The van der Waals surface area contributed by atoms with Crippen LogP contribution in [0.25, 0.3) is 0 Å². The molecule has 0 aliphatic heterocycles. The van der Waals surface area contributed by atoms with Crippen LogP contribution in [0.3, 0.4) is 0 Å². The van der Waals surface area contributed by atoms with Gasteiger partial charge >= 0.3 is 5.97 Å². The topological polar surface area (TPSA) is 66.4 Å². The quantitative estimate of drug-likeness (QED) is 0.876. The molecule has 0 bridgehead atoms. The van der Waals surface area contributed by atoms with Gasteiger partial charge in [0, 0.05) is 6.07 Å². The monoisotopic (exact) mass is 269 g/mol. The maximum absolute atomic E-state index is 13.5. The second-order valence-corrected chi connectivity index (χ2v) is 4.71. The molecule has 2 rings (SSSR count). The Labute approximate surface area is 108 Å². The van der Waals surface area contributed by atoms with Crippen LogP contribution in [0, 0.1) is 24.5 Å². The molecule has 0 aromatic heterocycles. The number of carbonyl (C=O) groups is 2. The van der Waals surface area contributed by atoms with Crippen LogP contribution in [-0.4, -0.2) is 23.0 Å². The molecule has 1 fully saturated rings. The van der Waals surface area contributed by atoms with Crippen molar-refractivity contribution < 1.29 is 23.5 Å². The Morgan fingerprint density at radius 1 is 1.32 bits per heavy atom. The molecule has 0 heterocycles. The summed E-state index contributed by atoms with van der Waals surface area (Å²) in [6, 6.07) is 0.681. The summed E-state index contributed by atoms with van der Waals surface area (Å²) >= 11 is 0. The van der Waals surface area contributed by atoms with Crippen molar-refractivity contribution in [3.8, 4) is 0 Å². The van der Waals surface area contributed by atoms with E-state index in [0.29, 0.717) is 6.07 Å². The first kappa shape index (κ1) is 13.5. The molecule has 0 saturated heterocycles. The number of rotatable bonds is 4. The lowest BCUT2D eigenvalue weighted by atomic mass is 10.1. The molecule has 1 saturated carbocycles. The molecule has 6 heteroatoms. The standard InChI is InChI=1S/C13H13F2NO3/c1-6-4-8(10(15)5-9(6)14)12(17)16-11(13(18)19)7-2-3-7/h4-5,7,11H,2-3H2,1H3,(H,16,17)(H,18,19). The second-order valence-electron chi connectivity index (χ2n) is 4.71. The van der Waals surface area contributed by atoms with Crippen LogP contribution in [0.5, 0.6) is 0 Å². The van der Waals surface area contributed by atoms with Crippen LogP contribution in [0.2, 0.25) is 0 Å². The molecule has 1 aliphatic carbocycles. The van der Waals surface area contributed by atoms with Gasteiger partial charge in [-0.05, 0) is 37.3 Å². The zero-order chi connectivity index (χ0) is 14.2. The molecular formula is C13H13F2NO3. The minimum absolute atomic E-state index is 0.106. The van der Waals surface area contributed by atoms with E-state index in [1.165, 1.54) is 6.92 Å². The Morgan fingerprint density at radius 3 is 2.47 bits per heavy atom. The number of hydrogen-bond acceptors (Lipinski definition) is 2. The van der Waals surface area contributed by atoms with E-state index in [1.807, 2.05) is 0 Å². The molecule has 2 N–H and O–H groups in total. The summed E-state index contributed by atoms with van der Waals surface area (Å²) in [6.07, 6.45) is 1.45. The van der Waals surface area contributed by atoms with Crippen LogP contribution < -0.4 is 5.32 Å². The van der Waals surface area contributed by atoms with Crippen molar-refractivity contribution in [1.29, 1.82) is 0 Å². The smallest absolute Gasteiger partial charge is 0.326 e. The van der Waals surface area contributed by atoms with Gasteiger partial charge in [0.15, 0.2) is 0 Å². The number of carboxylic acid groups (broad SMARTS) is 1. The van der Waals surface area contributed by atoms with E-state index in [2.05, 4.69) is 5.32 Å². The normalized spacial score (nSPS) is 15.9. The Kier molecular flexibility index (Phi) is 3.50. The van der Waals surface area contributed by atoms with Gasteiger partial charge in [-0.3, -0.25) is 4.79 Å². The largest absolute Gasteiger partial charge is 0.480 e. The van der Waals surface area contributed by atoms with Gasteiger partial charge in [0.05, 0.1) is 5.56 Å². The minimum Gasteiger partial charge on any atom is -0.480 e. The van der Waals surface area contributed by atoms with E-state index in [0.717, 1.165) is 18.9 Å². The van der Waals surface area contributed by atoms with E-state index in [9.17, 15) is 18.4 Å². The van der Waals surface area contributed by atoms with Crippen molar-refractivity contribution in [3.63, 3.8) is 0 Å². The zero-order valence-corrected chi connectivity index (χ0v) is 10.2. The van der Waals surface area contributed by atoms with Crippen LogP contribution in [0.1, 0.15) is 28.8 Å². The first-order valence-corrected chi connectivity index (χ1v) is 5.89. The molecule has 0 spiro atoms. The third-order valence-electron chi connectivity index (χ3n) is 3.14. The lowest BCUT2D eigenvalue weighted by Gasteiger charge is -2.14. The van der Waals surface area contributed by atoms with E-state index >= 15 is 0 Å². The molecule has 0 radical (unpaired) electrons. The summed E-state index contributed by atoms with van der Waals surface area (Å²) < 4.78 is 26.6. The van der Waals surface area contributed by atoms with Crippen molar-refractivity contribution in [2.24, 2.45) is 5.92 Å². The van der Waals surface area contributed by atoms with Crippen LogP contribution in [0.15, 0.2) is 12.1 Å². The molecule has 1 amide bonds. The van der Waals surface area contributed by atoms with E-state index in [1.54, 1.807) is 0 Å². The van der Waals surface area contributed by atoms with Crippen LogP contribution in [0.4, 0.5) is 8.78 Å². The maximum Gasteiger partial charge on any atom is 0.326 e. The molecular weight excluding hydrogens is 256 g/mol. The van der Waals surface area contributed by atoms with Gasteiger partial charge in [0.25, 0.3) is 5.91 Å². The SMILES string of the molecule is Cc1cc(C(=O)NC(C(=O)O)C2CC2)c(F)cc1F. The number of aliphatic carboxylic acids is 1. The highest BCUT2D eigenvalue weighted by Crippen LogP contribution is 2.33. The molecule has 19 heavy (non-hydrogen) atoms. The average molecular weight is 269 g/mol. The summed E-state index contributed by atoms with van der Waals surface area (Å²) in [4.78, 5) is 22.8. The average Bonchev–Trinajstić information content (AvgIpc) is 3.14. The molecule has 1 aromatic rings. The molecule has 1 aliphatic rings. The number of benzene rings is 1. The van der Waals surface area contributed by atoms with Gasteiger partial charge in [-0.2, -0.15) is 0 Å². The molecule has 1 unspecified atom stereocenters. The first-order chi connectivity index (χ1) is 8.90. The maximum atomic E-state index is 13.5.